The zero-order valence-corrected chi connectivity index (χ0v) is 17.9. The number of ether oxygens (including phenoxy) is 1. The first-order chi connectivity index (χ1) is 13.7. The summed E-state index contributed by atoms with van der Waals surface area (Å²) in [5.41, 5.74) is 3.28. The summed E-state index contributed by atoms with van der Waals surface area (Å²) in [7, 11) is 0. The molecule has 0 saturated carbocycles. The van der Waals surface area contributed by atoms with E-state index < -0.39 is 0 Å². The van der Waals surface area contributed by atoms with Gasteiger partial charge in [0.05, 0.1) is 0 Å². The number of hydrogen-bond acceptors (Lipinski definition) is 3. The van der Waals surface area contributed by atoms with Gasteiger partial charge >= 0.3 is 173 Å². The van der Waals surface area contributed by atoms with Gasteiger partial charge in [0.2, 0.25) is 0 Å². The second-order valence-electron chi connectivity index (χ2n) is 6.50. The molecule has 0 spiro atoms. The molecule has 0 aliphatic carbocycles. The van der Waals surface area contributed by atoms with Crippen LogP contribution in [0.15, 0.2) is 84.9 Å². The number of para-hydroxylation sites is 1. The summed E-state index contributed by atoms with van der Waals surface area (Å²) in [6, 6.07) is 28.5. The van der Waals surface area contributed by atoms with E-state index in [1.165, 1.54) is 10.0 Å². The molecule has 0 aromatic heterocycles. The van der Waals surface area contributed by atoms with Crippen LogP contribution in [0.4, 0.5) is 5.69 Å². The molecule has 4 heteroatoms. The van der Waals surface area contributed by atoms with Crippen molar-refractivity contribution in [1.82, 2.24) is 0 Å². The number of carbonyl (C=O) groups excluding carboxylic acids is 1. The van der Waals surface area contributed by atoms with Crippen LogP contribution in [0.1, 0.15) is 24.1 Å². The van der Waals surface area contributed by atoms with Crippen molar-refractivity contribution in [3.8, 4) is 0 Å². The SMILES string of the molecule is CCOC(=O)[C@H]([Se]c1ccccc1)[C@@H](Nc1ccccc1)c1ccc(C)cc1. The molecule has 1 N–H and O–H groups in total. The fourth-order valence-electron chi connectivity index (χ4n) is 2.94. The normalized spacial score (nSPS) is 12.8. The Morgan fingerprint density at radius 3 is 2.14 bits per heavy atom. The van der Waals surface area contributed by atoms with Gasteiger partial charge in [0.15, 0.2) is 0 Å². The molecular weight excluding hydrogens is 413 g/mol. The molecule has 3 aromatic rings. The molecule has 0 aliphatic heterocycles. The van der Waals surface area contributed by atoms with E-state index >= 15 is 0 Å². The van der Waals surface area contributed by atoms with Crippen molar-refractivity contribution in [1.29, 1.82) is 0 Å². The van der Waals surface area contributed by atoms with Crippen LogP contribution >= 0.6 is 0 Å². The molecule has 3 nitrogen and oxygen atoms in total. The van der Waals surface area contributed by atoms with Crippen LogP contribution in [0.3, 0.4) is 0 Å². The van der Waals surface area contributed by atoms with Crippen LogP contribution in [0.2, 0.25) is 4.82 Å². The van der Waals surface area contributed by atoms with Crippen molar-refractivity contribution < 1.29 is 9.53 Å². The summed E-state index contributed by atoms with van der Waals surface area (Å²) in [6.07, 6.45) is 0. The van der Waals surface area contributed by atoms with Crippen LogP contribution in [0.5, 0.6) is 0 Å². The summed E-state index contributed by atoms with van der Waals surface area (Å²) in [5, 5.41) is 3.59. The Hall–Kier alpha value is -2.55. The Kier molecular flexibility index (Phi) is 7.30. The van der Waals surface area contributed by atoms with Gasteiger partial charge in [0.1, 0.15) is 0 Å². The number of nitrogens with one attached hydrogen (secondary N) is 1. The molecule has 144 valence electrons. The molecule has 0 amide bonds. The number of anilines is 1. The fourth-order valence-corrected chi connectivity index (χ4v) is 5.32. The molecule has 0 fully saturated rings. The van der Waals surface area contributed by atoms with Crippen LogP contribution in [0, 0.1) is 6.92 Å². The number of carbonyl (C=O) groups is 1. The molecule has 0 bridgehead atoms. The predicted molar refractivity (Wildman–Crippen MR) is 116 cm³/mol. The topological polar surface area (TPSA) is 38.3 Å². The van der Waals surface area contributed by atoms with Gasteiger partial charge in [-0.2, -0.15) is 0 Å². The van der Waals surface area contributed by atoms with Crippen LogP contribution in [-0.2, 0) is 9.53 Å². The van der Waals surface area contributed by atoms with Crippen molar-refractivity contribution >= 4 is 31.1 Å². The van der Waals surface area contributed by atoms with E-state index in [0.29, 0.717) is 6.61 Å². The second-order valence-corrected chi connectivity index (χ2v) is 9.05. The Morgan fingerprint density at radius 1 is 0.929 bits per heavy atom. The predicted octanol–water partition coefficient (Wildman–Crippen LogP) is 4.53. The van der Waals surface area contributed by atoms with E-state index in [1.54, 1.807) is 0 Å². The first-order valence-corrected chi connectivity index (χ1v) is 11.3. The molecule has 0 radical (unpaired) electrons. The maximum absolute atomic E-state index is 13.0. The van der Waals surface area contributed by atoms with Gasteiger partial charge < -0.3 is 0 Å². The van der Waals surface area contributed by atoms with E-state index in [2.05, 4.69) is 48.6 Å². The van der Waals surface area contributed by atoms with Crippen molar-refractivity contribution in [2.45, 2.75) is 24.7 Å². The summed E-state index contributed by atoms with van der Waals surface area (Å²) in [5.74, 6) is -0.152. The van der Waals surface area contributed by atoms with Gasteiger partial charge in [-0.25, -0.2) is 0 Å². The van der Waals surface area contributed by atoms with E-state index in [4.69, 9.17) is 4.74 Å². The van der Waals surface area contributed by atoms with Crippen LogP contribution < -0.4 is 9.78 Å². The minimum atomic E-state index is -0.280. The van der Waals surface area contributed by atoms with Gasteiger partial charge in [-0.05, 0) is 0 Å². The monoisotopic (exact) mass is 439 g/mol. The number of benzene rings is 3. The number of rotatable bonds is 8. The quantitative estimate of drug-likeness (QED) is 0.415. The van der Waals surface area contributed by atoms with Gasteiger partial charge in [-0.1, -0.05) is 0 Å². The summed E-state index contributed by atoms with van der Waals surface area (Å²) >= 11 is -0.0785. The minimum absolute atomic E-state index is 0.0785. The molecule has 28 heavy (non-hydrogen) atoms. The summed E-state index contributed by atoms with van der Waals surface area (Å²) < 4.78 is 6.66. The molecule has 0 saturated heterocycles. The summed E-state index contributed by atoms with van der Waals surface area (Å²) in [6.45, 7) is 4.31. The average molecular weight is 438 g/mol. The maximum atomic E-state index is 13.0. The molecule has 3 rings (SSSR count). The van der Waals surface area contributed by atoms with Gasteiger partial charge in [-0.15, -0.1) is 0 Å². The first-order valence-electron chi connectivity index (χ1n) is 9.44. The molecule has 0 aliphatic rings. The third-order valence-electron chi connectivity index (χ3n) is 4.36. The third-order valence-corrected chi connectivity index (χ3v) is 7.01. The average Bonchev–Trinajstić information content (AvgIpc) is 2.73. The second kappa shape index (κ2) is 10.1. The van der Waals surface area contributed by atoms with E-state index in [-0.39, 0.29) is 31.8 Å². The van der Waals surface area contributed by atoms with E-state index in [0.717, 1.165) is 11.3 Å². The molecule has 2 atom stereocenters. The van der Waals surface area contributed by atoms with Crippen molar-refractivity contribution in [3.05, 3.63) is 96.1 Å². The van der Waals surface area contributed by atoms with E-state index in [1.807, 2.05) is 55.5 Å². The first kappa shape index (κ1) is 20.2. The van der Waals surface area contributed by atoms with Gasteiger partial charge in [0, 0.05) is 0 Å². The number of aryl methyl sites for hydroxylation is 1. The Balaban J connectivity index is 1.98. The van der Waals surface area contributed by atoms with Gasteiger partial charge in [0.25, 0.3) is 0 Å². The van der Waals surface area contributed by atoms with Crippen molar-refractivity contribution in [2.24, 2.45) is 0 Å². The standard InChI is InChI=1S/C24H25NO2Se/c1-3-27-24(26)23(28-21-12-8-5-9-13-21)22(19-16-14-18(2)15-17-19)25-20-10-6-4-7-11-20/h4-17,22-23,25H,3H2,1-2H3/t22-,23+/m0/s1. The Bertz CT molecular complexity index is 866. The Labute approximate surface area is 173 Å². The molecule has 0 unspecified atom stereocenters. The molecule has 0 heterocycles. The van der Waals surface area contributed by atoms with Crippen LogP contribution in [0.25, 0.3) is 0 Å². The number of esters is 1. The zero-order chi connectivity index (χ0) is 19.8. The number of hydrogen-bond donors (Lipinski definition) is 1. The van der Waals surface area contributed by atoms with Crippen LogP contribution in [-0.4, -0.2) is 27.5 Å². The summed E-state index contributed by atoms with van der Waals surface area (Å²) in [4.78, 5) is 12.7. The zero-order valence-electron chi connectivity index (χ0n) is 16.2. The third kappa shape index (κ3) is 5.48. The van der Waals surface area contributed by atoms with Crippen molar-refractivity contribution in [3.63, 3.8) is 0 Å². The van der Waals surface area contributed by atoms with Gasteiger partial charge in [-0.3, -0.25) is 0 Å². The Morgan fingerprint density at radius 2 is 1.54 bits per heavy atom. The van der Waals surface area contributed by atoms with E-state index in [9.17, 15) is 4.79 Å². The molecule has 3 aromatic carbocycles. The molecular formula is C24H25NO2Se. The van der Waals surface area contributed by atoms with Crippen molar-refractivity contribution in [2.75, 3.05) is 11.9 Å². The fraction of sp³-hybridized carbons (Fsp3) is 0.208.